The molecule has 1 aliphatic heterocycles. The minimum atomic E-state index is -0.838. The van der Waals surface area contributed by atoms with Crippen LogP contribution in [0.15, 0.2) is 57.5 Å². The molecule has 9 nitrogen and oxygen atoms in total. The van der Waals surface area contributed by atoms with Gasteiger partial charge in [-0.2, -0.15) is 0 Å². The highest BCUT2D eigenvalue weighted by Gasteiger charge is 2.35. The maximum absolute atomic E-state index is 13.9. The first-order valence-corrected chi connectivity index (χ1v) is 12.3. The lowest BCUT2D eigenvalue weighted by Gasteiger charge is -2.26. The van der Waals surface area contributed by atoms with E-state index >= 15 is 0 Å². The second kappa shape index (κ2) is 10.9. The van der Waals surface area contributed by atoms with Crippen LogP contribution in [0.3, 0.4) is 0 Å². The number of para-hydroxylation sites is 1. The molecule has 0 spiro atoms. The number of hydrogen-bond acceptors (Lipinski definition) is 9. The largest absolute Gasteiger partial charge is 0.497 e. The standard InChI is InChI=1S/C27H28N2O7S/c1-7-36-26(31)22-15(2)28-27-29(23(22)18-14-17(32-3)11-12-19(18)33-4)25(30)21(37-27)13-16-9-8-10-20(34-5)24(16)35-6/h8-14,23H,7H2,1-6H3/b21-13+/t23-/m0/s1. The maximum Gasteiger partial charge on any atom is 0.338 e. The molecule has 4 rings (SSSR count). The quantitative estimate of drug-likeness (QED) is 0.418. The van der Waals surface area contributed by atoms with E-state index in [4.69, 9.17) is 23.7 Å². The lowest BCUT2D eigenvalue weighted by molar-refractivity contribution is -0.139. The number of benzene rings is 2. The summed E-state index contributed by atoms with van der Waals surface area (Å²) in [6, 6.07) is 9.83. The van der Waals surface area contributed by atoms with E-state index in [0.29, 0.717) is 49.2 Å². The van der Waals surface area contributed by atoms with Gasteiger partial charge in [-0.25, -0.2) is 9.79 Å². The fourth-order valence-electron chi connectivity index (χ4n) is 4.31. The summed E-state index contributed by atoms with van der Waals surface area (Å²) in [5, 5.41) is 0. The fraction of sp³-hybridized carbons (Fsp3) is 0.296. The molecule has 2 aromatic carbocycles. The van der Waals surface area contributed by atoms with Crippen molar-refractivity contribution in [1.29, 1.82) is 0 Å². The number of nitrogens with zero attached hydrogens (tertiary/aromatic N) is 2. The van der Waals surface area contributed by atoms with Gasteiger partial charge in [0.05, 0.1) is 50.8 Å². The molecular weight excluding hydrogens is 496 g/mol. The predicted octanol–water partition coefficient (Wildman–Crippen LogP) is 2.83. The Morgan fingerprint density at radius 1 is 1.05 bits per heavy atom. The van der Waals surface area contributed by atoms with Crippen LogP contribution in [0.4, 0.5) is 0 Å². The fourth-order valence-corrected chi connectivity index (χ4v) is 5.34. The summed E-state index contributed by atoms with van der Waals surface area (Å²) >= 11 is 1.22. The van der Waals surface area contributed by atoms with Gasteiger partial charge in [0.2, 0.25) is 0 Å². The first-order valence-electron chi connectivity index (χ1n) is 11.5. The minimum absolute atomic E-state index is 0.178. The molecule has 10 heteroatoms. The van der Waals surface area contributed by atoms with Crippen LogP contribution in [0.25, 0.3) is 6.08 Å². The van der Waals surface area contributed by atoms with Gasteiger partial charge >= 0.3 is 5.97 Å². The number of thiazole rings is 1. The van der Waals surface area contributed by atoms with Crippen molar-refractivity contribution in [2.75, 3.05) is 35.0 Å². The molecule has 194 valence electrons. The molecule has 2 heterocycles. The van der Waals surface area contributed by atoms with Gasteiger partial charge in [0.1, 0.15) is 17.5 Å². The number of esters is 1. The number of rotatable bonds is 8. The highest BCUT2D eigenvalue weighted by molar-refractivity contribution is 7.07. The lowest BCUT2D eigenvalue weighted by atomic mass is 9.94. The summed E-state index contributed by atoms with van der Waals surface area (Å²) in [4.78, 5) is 32.1. The van der Waals surface area contributed by atoms with Crippen molar-refractivity contribution in [3.05, 3.63) is 78.5 Å². The van der Waals surface area contributed by atoms with E-state index in [1.165, 1.54) is 23.0 Å². The van der Waals surface area contributed by atoms with Gasteiger partial charge in [-0.15, -0.1) is 0 Å². The number of hydrogen-bond donors (Lipinski definition) is 0. The second-order valence-electron chi connectivity index (χ2n) is 7.99. The molecule has 1 aliphatic rings. The van der Waals surface area contributed by atoms with Crippen LogP contribution in [0.1, 0.15) is 31.0 Å². The van der Waals surface area contributed by atoms with Crippen LogP contribution < -0.4 is 33.8 Å². The van der Waals surface area contributed by atoms with Gasteiger partial charge in [0, 0.05) is 11.1 Å². The van der Waals surface area contributed by atoms with Crippen molar-refractivity contribution in [3.63, 3.8) is 0 Å². The third-order valence-corrected chi connectivity index (χ3v) is 6.95. The molecule has 0 bridgehead atoms. The predicted molar refractivity (Wildman–Crippen MR) is 139 cm³/mol. The number of methoxy groups -OCH3 is 4. The monoisotopic (exact) mass is 524 g/mol. The molecule has 0 amide bonds. The Balaban J connectivity index is 2.03. The number of fused-ring (bicyclic) bond motifs is 1. The highest BCUT2D eigenvalue weighted by Crippen LogP contribution is 2.38. The van der Waals surface area contributed by atoms with Gasteiger partial charge in [0.15, 0.2) is 16.3 Å². The van der Waals surface area contributed by atoms with E-state index in [1.807, 2.05) is 12.1 Å². The zero-order valence-corrected chi connectivity index (χ0v) is 22.3. The van der Waals surface area contributed by atoms with Gasteiger partial charge in [-0.05, 0) is 44.2 Å². The summed E-state index contributed by atoms with van der Waals surface area (Å²) in [6.45, 7) is 3.64. The van der Waals surface area contributed by atoms with Crippen LogP contribution in [0.2, 0.25) is 0 Å². The van der Waals surface area contributed by atoms with Crippen molar-refractivity contribution < 1.29 is 28.5 Å². The summed E-state index contributed by atoms with van der Waals surface area (Å²) in [5.41, 5.74) is 1.64. The zero-order valence-electron chi connectivity index (χ0n) is 21.5. The van der Waals surface area contributed by atoms with Crippen LogP contribution in [-0.2, 0) is 9.53 Å². The molecule has 0 unspecified atom stereocenters. The van der Waals surface area contributed by atoms with Crippen molar-refractivity contribution in [3.8, 4) is 23.0 Å². The molecule has 3 aromatic rings. The van der Waals surface area contributed by atoms with Crippen LogP contribution in [0.5, 0.6) is 23.0 Å². The number of carbonyl (C=O) groups excluding carboxylic acids is 1. The number of allylic oxidation sites excluding steroid dienone is 1. The molecular formula is C27H28N2O7S. The Labute approximate surface area is 217 Å². The number of carbonyl (C=O) groups is 1. The average Bonchev–Trinajstić information content (AvgIpc) is 3.21. The van der Waals surface area contributed by atoms with Crippen molar-refractivity contribution >= 4 is 23.4 Å². The molecule has 37 heavy (non-hydrogen) atoms. The summed E-state index contributed by atoms with van der Waals surface area (Å²) in [6.07, 6.45) is 1.73. The lowest BCUT2D eigenvalue weighted by Crippen LogP contribution is -2.40. The van der Waals surface area contributed by atoms with Crippen LogP contribution in [-0.4, -0.2) is 45.6 Å². The first-order chi connectivity index (χ1) is 17.9. The second-order valence-corrected chi connectivity index (χ2v) is 9.00. The Kier molecular flexibility index (Phi) is 7.68. The van der Waals surface area contributed by atoms with Gasteiger partial charge in [0.25, 0.3) is 5.56 Å². The topological polar surface area (TPSA) is 97.6 Å². The highest BCUT2D eigenvalue weighted by atomic mass is 32.1. The van der Waals surface area contributed by atoms with Crippen LogP contribution >= 0.6 is 11.3 Å². The Morgan fingerprint density at radius 3 is 2.46 bits per heavy atom. The van der Waals surface area contributed by atoms with Crippen LogP contribution in [0, 0.1) is 0 Å². The molecule has 0 radical (unpaired) electrons. The average molecular weight is 525 g/mol. The normalized spacial score (nSPS) is 15.1. The molecule has 1 aromatic heterocycles. The molecule has 0 fully saturated rings. The third kappa shape index (κ3) is 4.72. The van der Waals surface area contributed by atoms with Gasteiger partial charge in [-0.3, -0.25) is 9.36 Å². The van der Waals surface area contributed by atoms with E-state index in [-0.39, 0.29) is 17.7 Å². The number of ether oxygens (including phenoxy) is 5. The smallest absolute Gasteiger partial charge is 0.338 e. The summed E-state index contributed by atoms with van der Waals surface area (Å²) in [5.74, 6) is 1.54. The van der Waals surface area contributed by atoms with Gasteiger partial charge < -0.3 is 23.7 Å². The van der Waals surface area contributed by atoms with Gasteiger partial charge in [-0.1, -0.05) is 23.5 Å². The third-order valence-electron chi connectivity index (χ3n) is 5.97. The van der Waals surface area contributed by atoms with E-state index in [9.17, 15) is 9.59 Å². The summed E-state index contributed by atoms with van der Waals surface area (Å²) in [7, 11) is 6.17. The molecule has 1 atom stereocenters. The van der Waals surface area contributed by atoms with Crippen molar-refractivity contribution in [2.45, 2.75) is 19.9 Å². The van der Waals surface area contributed by atoms with Crippen molar-refractivity contribution in [2.24, 2.45) is 4.99 Å². The zero-order chi connectivity index (χ0) is 26.7. The molecule has 0 saturated heterocycles. The Morgan fingerprint density at radius 2 is 1.81 bits per heavy atom. The maximum atomic E-state index is 13.9. The van der Waals surface area contributed by atoms with E-state index in [1.54, 1.807) is 65.5 Å². The molecule has 0 N–H and O–H groups in total. The summed E-state index contributed by atoms with van der Waals surface area (Å²) < 4.78 is 29.3. The Bertz CT molecular complexity index is 1550. The van der Waals surface area contributed by atoms with Crippen molar-refractivity contribution in [1.82, 2.24) is 4.57 Å². The first kappa shape index (κ1) is 26.0. The Hall–Kier alpha value is -4.05. The molecule has 0 saturated carbocycles. The van der Waals surface area contributed by atoms with E-state index < -0.39 is 12.0 Å². The van der Waals surface area contributed by atoms with E-state index in [0.717, 1.165) is 0 Å². The number of aromatic nitrogens is 1. The minimum Gasteiger partial charge on any atom is -0.497 e. The SMILES string of the molecule is CCOC(=O)C1=C(C)N=c2s/c(=C/c3cccc(OC)c3OC)c(=O)n2[C@H]1c1cc(OC)ccc1OC. The molecule has 0 aliphatic carbocycles. The van der Waals surface area contributed by atoms with E-state index in [2.05, 4.69) is 4.99 Å².